The number of ether oxygens (including phenoxy) is 1. The number of hydrogen-bond acceptors (Lipinski definition) is 5. The predicted octanol–water partition coefficient (Wildman–Crippen LogP) is 0.342. The van der Waals surface area contributed by atoms with Crippen molar-refractivity contribution in [1.82, 2.24) is 9.97 Å². The molecule has 0 bridgehead atoms. The number of carbonyl (C=O) groups is 2. The van der Waals surface area contributed by atoms with Crippen LogP contribution in [0.25, 0.3) is 0 Å². The van der Waals surface area contributed by atoms with E-state index in [1.807, 2.05) is 0 Å². The average Bonchev–Trinajstić information content (AvgIpc) is 2.46. The fourth-order valence-electron chi connectivity index (χ4n) is 1.44. The van der Waals surface area contributed by atoms with E-state index >= 15 is 0 Å². The number of aryl methyl sites for hydroxylation is 1. The van der Waals surface area contributed by atoms with Gasteiger partial charge < -0.3 is 4.74 Å². The second kappa shape index (κ2) is 3.17. The van der Waals surface area contributed by atoms with E-state index in [9.17, 15) is 9.59 Å². The van der Waals surface area contributed by atoms with Crippen LogP contribution < -0.4 is 0 Å². The van der Waals surface area contributed by atoms with Crippen LogP contribution in [0.5, 0.6) is 0 Å². The molecule has 2 heterocycles. The lowest BCUT2D eigenvalue weighted by Gasteiger charge is -2.05. The van der Waals surface area contributed by atoms with Gasteiger partial charge in [0.25, 0.3) is 0 Å². The van der Waals surface area contributed by atoms with Gasteiger partial charge in [0, 0.05) is 12.4 Å². The highest BCUT2D eigenvalue weighted by Crippen LogP contribution is 2.26. The first kappa shape index (κ1) is 8.80. The van der Waals surface area contributed by atoms with Crippen molar-refractivity contribution < 1.29 is 14.3 Å². The van der Waals surface area contributed by atoms with E-state index in [4.69, 9.17) is 0 Å². The molecule has 0 N–H and O–H groups in total. The van der Waals surface area contributed by atoms with E-state index in [2.05, 4.69) is 14.7 Å². The van der Waals surface area contributed by atoms with Crippen LogP contribution in [0, 0.1) is 6.92 Å². The molecule has 1 aromatic heterocycles. The van der Waals surface area contributed by atoms with E-state index in [1.54, 1.807) is 13.1 Å². The summed E-state index contributed by atoms with van der Waals surface area (Å²) in [6.45, 7) is 1.75. The number of cyclic esters (lactones) is 2. The van der Waals surface area contributed by atoms with Gasteiger partial charge >= 0.3 is 11.9 Å². The maximum atomic E-state index is 11.2. The topological polar surface area (TPSA) is 69.2 Å². The molecule has 1 saturated heterocycles. The number of carbonyl (C=O) groups excluding carboxylic acids is 2. The Bertz CT molecular complexity index is 403. The van der Waals surface area contributed by atoms with Crippen molar-refractivity contribution in [2.75, 3.05) is 0 Å². The van der Waals surface area contributed by atoms with Crippen LogP contribution in [0.4, 0.5) is 0 Å². The number of rotatable bonds is 1. The standard InChI is InChI=1S/C9H8N2O3/c1-5-8(11-3-2-10-5)6-4-7(12)14-9(6)13/h2-3,6H,4H2,1H3. The van der Waals surface area contributed by atoms with Gasteiger partial charge in [0.15, 0.2) is 0 Å². The summed E-state index contributed by atoms with van der Waals surface area (Å²) >= 11 is 0. The van der Waals surface area contributed by atoms with Crippen LogP contribution in [0.3, 0.4) is 0 Å². The zero-order valence-corrected chi connectivity index (χ0v) is 7.56. The minimum Gasteiger partial charge on any atom is -0.393 e. The van der Waals surface area contributed by atoms with Crippen LogP contribution in [-0.2, 0) is 14.3 Å². The molecule has 1 fully saturated rings. The van der Waals surface area contributed by atoms with Crippen molar-refractivity contribution in [2.24, 2.45) is 0 Å². The second-order valence-electron chi connectivity index (χ2n) is 3.08. The van der Waals surface area contributed by atoms with Crippen LogP contribution in [0.15, 0.2) is 12.4 Å². The van der Waals surface area contributed by atoms with Gasteiger partial charge in [0.2, 0.25) is 0 Å². The summed E-state index contributed by atoms with van der Waals surface area (Å²) in [5, 5.41) is 0. The maximum absolute atomic E-state index is 11.2. The van der Waals surface area contributed by atoms with Crippen molar-refractivity contribution >= 4 is 11.9 Å². The summed E-state index contributed by atoms with van der Waals surface area (Å²) in [6.07, 6.45) is 3.11. The van der Waals surface area contributed by atoms with Gasteiger partial charge in [-0.2, -0.15) is 0 Å². The predicted molar refractivity (Wildman–Crippen MR) is 45.2 cm³/mol. The molecule has 14 heavy (non-hydrogen) atoms. The fourth-order valence-corrected chi connectivity index (χ4v) is 1.44. The molecule has 1 unspecified atom stereocenters. The van der Waals surface area contributed by atoms with Crippen molar-refractivity contribution in [3.63, 3.8) is 0 Å². The molecule has 0 saturated carbocycles. The zero-order chi connectivity index (χ0) is 10.1. The highest BCUT2D eigenvalue weighted by Gasteiger charge is 2.36. The molecule has 5 heteroatoms. The van der Waals surface area contributed by atoms with E-state index < -0.39 is 17.9 Å². The van der Waals surface area contributed by atoms with Crippen LogP contribution in [-0.4, -0.2) is 21.9 Å². The summed E-state index contributed by atoms with van der Waals surface area (Å²) in [5.74, 6) is -1.60. The number of hydrogen-bond donors (Lipinski definition) is 0. The molecule has 2 rings (SSSR count). The maximum Gasteiger partial charge on any atom is 0.323 e. The van der Waals surface area contributed by atoms with E-state index in [0.29, 0.717) is 11.4 Å². The average molecular weight is 192 g/mol. The molecule has 1 aliphatic rings. The van der Waals surface area contributed by atoms with Gasteiger partial charge in [-0.1, -0.05) is 0 Å². The highest BCUT2D eigenvalue weighted by atomic mass is 16.6. The molecular weight excluding hydrogens is 184 g/mol. The summed E-state index contributed by atoms with van der Waals surface area (Å²) < 4.78 is 4.44. The Morgan fingerprint density at radius 3 is 2.64 bits per heavy atom. The first-order valence-electron chi connectivity index (χ1n) is 4.20. The van der Waals surface area contributed by atoms with E-state index in [-0.39, 0.29) is 6.42 Å². The third-order valence-corrected chi connectivity index (χ3v) is 2.12. The summed E-state index contributed by atoms with van der Waals surface area (Å²) in [5.41, 5.74) is 1.19. The molecule has 0 aromatic carbocycles. The van der Waals surface area contributed by atoms with Gasteiger partial charge in [-0.05, 0) is 6.92 Å². The van der Waals surface area contributed by atoms with Crippen molar-refractivity contribution in [3.8, 4) is 0 Å². The number of aromatic nitrogens is 2. The Labute approximate surface area is 80.1 Å². The summed E-state index contributed by atoms with van der Waals surface area (Å²) in [7, 11) is 0. The van der Waals surface area contributed by atoms with Crippen molar-refractivity contribution in [3.05, 3.63) is 23.8 Å². The molecule has 1 aromatic rings. The van der Waals surface area contributed by atoms with Crippen LogP contribution in [0.1, 0.15) is 23.7 Å². The van der Waals surface area contributed by atoms with Crippen molar-refractivity contribution in [2.45, 2.75) is 19.3 Å². The second-order valence-corrected chi connectivity index (χ2v) is 3.08. The number of esters is 2. The van der Waals surface area contributed by atoms with Gasteiger partial charge in [-0.3, -0.25) is 19.6 Å². The zero-order valence-electron chi connectivity index (χ0n) is 7.56. The minimum atomic E-state index is -0.573. The van der Waals surface area contributed by atoms with E-state index in [0.717, 1.165) is 0 Å². The van der Waals surface area contributed by atoms with Gasteiger partial charge in [0.05, 0.1) is 17.8 Å². The Balaban J connectivity index is 2.36. The first-order chi connectivity index (χ1) is 6.68. The lowest BCUT2D eigenvalue weighted by Crippen LogP contribution is -2.10. The lowest BCUT2D eigenvalue weighted by atomic mass is 10.0. The normalized spacial score (nSPS) is 21.1. The fraction of sp³-hybridized carbons (Fsp3) is 0.333. The molecule has 72 valence electrons. The quantitative estimate of drug-likeness (QED) is 0.474. The third-order valence-electron chi connectivity index (χ3n) is 2.12. The van der Waals surface area contributed by atoms with Gasteiger partial charge in [-0.25, -0.2) is 0 Å². The molecular formula is C9H8N2O3. The molecule has 1 atom stereocenters. The van der Waals surface area contributed by atoms with Gasteiger partial charge in [0.1, 0.15) is 5.92 Å². The SMILES string of the molecule is Cc1nccnc1C1CC(=O)OC1=O. The molecule has 0 radical (unpaired) electrons. The molecule has 0 amide bonds. The Morgan fingerprint density at radius 1 is 1.36 bits per heavy atom. The molecule has 0 spiro atoms. The Morgan fingerprint density at radius 2 is 2.07 bits per heavy atom. The molecule has 5 nitrogen and oxygen atoms in total. The number of nitrogens with zero attached hydrogens (tertiary/aromatic N) is 2. The van der Waals surface area contributed by atoms with E-state index in [1.165, 1.54) is 6.20 Å². The summed E-state index contributed by atoms with van der Waals surface area (Å²) in [4.78, 5) is 30.1. The largest absolute Gasteiger partial charge is 0.393 e. The smallest absolute Gasteiger partial charge is 0.323 e. The molecule has 1 aliphatic heterocycles. The molecule has 0 aliphatic carbocycles. The third kappa shape index (κ3) is 1.37. The van der Waals surface area contributed by atoms with Gasteiger partial charge in [-0.15, -0.1) is 0 Å². The minimum absolute atomic E-state index is 0.0678. The Hall–Kier alpha value is -1.78. The van der Waals surface area contributed by atoms with Crippen LogP contribution in [0.2, 0.25) is 0 Å². The monoisotopic (exact) mass is 192 g/mol. The summed E-state index contributed by atoms with van der Waals surface area (Å²) in [6, 6.07) is 0. The van der Waals surface area contributed by atoms with Crippen LogP contribution >= 0.6 is 0 Å². The van der Waals surface area contributed by atoms with Crippen molar-refractivity contribution in [1.29, 1.82) is 0 Å². The Kier molecular flexibility index (Phi) is 1.99. The highest BCUT2D eigenvalue weighted by molar-refractivity contribution is 5.97. The lowest BCUT2D eigenvalue weighted by molar-refractivity contribution is -0.152. The first-order valence-corrected chi connectivity index (χ1v) is 4.20.